The molecule has 2 aromatic carbocycles. The van der Waals surface area contributed by atoms with Gasteiger partial charge in [-0.25, -0.2) is 4.98 Å². The first kappa shape index (κ1) is 14.5. The summed E-state index contributed by atoms with van der Waals surface area (Å²) in [5.41, 5.74) is 10.2. The molecule has 1 aromatic heterocycles. The van der Waals surface area contributed by atoms with Crippen molar-refractivity contribution < 1.29 is 0 Å². The van der Waals surface area contributed by atoms with Gasteiger partial charge in [-0.1, -0.05) is 36.1 Å². The van der Waals surface area contributed by atoms with Gasteiger partial charge in [-0.2, -0.15) is 0 Å². The van der Waals surface area contributed by atoms with E-state index in [-0.39, 0.29) is 0 Å². The van der Waals surface area contributed by atoms with Crippen LogP contribution in [0, 0.1) is 11.8 Å². The Kier molecular flexibility index (Phi) is 3.72. The number of anilines is 1. The molecule has 4 rings (SSSR count). The summed E-state index contributed by atoms with van der Waals surface area (Å²) in [4.78, 5) is 8.67. The highest BCUT2D eigenvalue weighted by atomic mass is 14.8. The summed E-state index contributed by atoms with van der Waals surface area (Å²) >= 11 is 0. The van der Waals surface area contributed by atoms with Crippen molar-refractivity contribution in [3.05, 3.63) is 71.4 Å². The lowest BCUT2D eigenvalue weighted by molar-refractivity contribution is 0.951. The van der Waals surface area contributed by atoms with Gasteiger partial charge in [0.1, 0.15) is 5.82 Å². The van der Waals surface area contributed by atoms with Crippen LogP contribution < -0.4 is 5.73 Å². The lowest BCUT2D eigenvalue weighted by Gasteiger charge is -2.02. The fourth-order valence-corrected chi connectivity index (χ4v) is 2.96. The van der Waals surface area contributed by atoms with E-state index in [2.05, 4.69) is 46.1 Å². The van der Waals surface area contributed by atoms with E-state index in [4.69, 9.17) is 5.73 Å². The van der Waals surface area contributed by atoms with Crippen LogP contribution in [-0.2, 0) is 0 Å². The van der Waals surface area contributed by atoms with E-state index in [0.717, 1.165) is 41.3 Å². The van der Waals surface area contributed by atoms with Crippen LogP contribution >= 0.6 is 0 Å². The lowest BCUT2D eigenvalue weighted by Crippen LogP contribution is -1.95. The van der Waals surface area contributed by atoms with E-state index in [0.29, 0.717) is 5.82 Å². The quantitative estimate of drug-likeness (QED) is 0.695. The molecular formula is C21H17N3. The molecule has 1 aliphatic heterocycles. The Bertz CT molecular complexity index is 989. The number of pyridine rings is 1. The minimum atomic E-state index is 0.512. The van der Waals surface area contributed by atoms with Crippen LogP contribution in [0.25, 0.3) is 10.8 Å². The summed E-state index contributed by atoms with van der Waals surface area (Å²) in [6.07, 6.45) is 4.03. The highest BCUT2D eigenvalue weighted by Crippen LogP contribution is 2.19. The zero-order chi connectivity index (χ0) is 16.4. The lowest BCUT2D eigenvalue weighted by atomic mass is 10.0. The second-order valence-electron chi connectivity index (χ2n) is 5.90. The van der Waals surface area contributed by atoms with Crippen molar-refractivity contribution in [1.29, 1.82) is 0 Å². The van der Waals surface area contributed by atoms with E-state index in [9.17, 15) is 0 Å². The van der Waals surface area contributed by atoms with Gasteiger partial charge in [0.05, 0.1) is 0 Å². The molecule has 0 atom stereocenters. The molecule has 2 heterocycles. The number of hydrogen-bond donors (Lipinski definition) is 1. The molecule has 0 saturated heterocycles. The molecule has 3 heteroatoms. The van der Waals surface area contributed by atoms with E-state index in [1.54, 1.807) is 6.20 Å². The number of nitrogens with two attached hydrogens (primary N) is 1. The van der Waals surface area contributed by atoms with E-state index in [1.165, 1.54) is 11.3 Å². The molecule has 0 saturated carbocycles. The number of hydrogen-bond acceptors (Lipinski definition) is 3. The van der Waals surface area contributed by atoms with Gasteiger partial charge in [-0.05, 0) is 42.7 Å². The minimum absolute atomic E-state index is 0.512. The molecule has 0 amide bonds. The van der Waals surface area contributed by atoms with Crippen LogP contribution in [0.4, 0.5) is 5.82 Å². The third-order valence-electron chi connectivity index (χ3n) is 4.22. The van der Waals surface area contributed by atoms with Crippen molar-refractivity contribution in [2.45, 2.75) is 12.8 Å². The maximum atomic E-state index is 5.81. The van der Waals surface area contributed by atoms with Crippen molar-refractivity contribution >= 4 is 22.3 Å². The zero-order valence-corrected chi connectivity index (χ0v) is 13.3. The molecule has 0 bridgehead atoms. The molecule has 0 radical (unpaired) electrons. The standard InChI is InChI=1S/C21H17N3/c22-21-13-19-16(3-1-4-18(19)14-24-21)9-6-15-7-10-17(11-8-15)20-5-2-12-23-20/h1,3-4,7-8,10-11,13-14H,2,5,12H2,(H2,22,24). The molecule has 1 aliphatic rings. The monoisotopic (exact) mass is 311 g/mol. The molecule has 0 aliphatic carbocycles. The third kappa shape index (κ3) is 2.87. The molecule has 116 valence electrons. The first-order chi connectivity index (χ1) is 11.8. The summed E-state index contributed by atoms with van der Waals surface area (Å²) in [5, 5.41) is 2.08. The summed E-state index contributed by atoms with van der Waals surface area (Å²) in [7, 11) is 0. The van der Waals surface area contributed by atoms with E-state index >= 15 is 0 Å². The van der Waals surface area contributed by atoms with Gasteiger partial charge >= 0.3 is 0 Å². The van der Waals surface area contributed by atoms with Crippen molar-refractivity contribution in [3.8, 4) is 11.8 Å². The number of benzene rings is 2. The molecular weight excluding hydrogens is 294 g/mol. The highest BCUT2D eigenvalue weighted by molar-refractivity contribution is 6.01. The topological polar surface area (TPSA) is 51.3 Å². The third-order valence-corrected chi connectivity index (χ3v) is 4.22. The van der Waals surface area contributed by atoms with Gasteiger partial charge < -0.3 is 5.73 Å². The largest absolute Gasteiger partial charge is 0.384 e. The Morgan fingerprint density at radius 3 is 2.67 bits per heavy atom. The minimum Gasteiger partial charge on any atom is -0.384 e. The van der Waals surface area contributed by atoms with Gasteiger partial charge in [0.15, 0.2) is 0 Å². The number of aromatic nitrogens is 1. The van der Waals surface area contributed by atoms with Crippen LogP contribution in [0.3, 0.4) is 0 Å². The van der Waals surface area contributed by atoms with E-state index in [1.807, 2.05) is 24.3 Å². The Balaban J connectivity index is 1.66. The number of fused-ring (bicyclic) bond motifs is 1. The van der Waals surface area contributed by atoms with Crippen LogP contribution in [0.15, 0.2) is 59.7 Å². The maximum Gasteiger partial charge on any atom is 0.123 e. The molecule has 2 N–H and O–H groups in total. The van der Waals surface area contributed by atoms with Crippen LogP contribution in [-0.4, -0.2) is 17.2 Å². The fourth-order valence-electron chi connectivity index (χ4n) is 2.96. The molecule has 3 nitrogen and oxygen atoms in total. The summed E-state index contributed by atoms with van der Waals surface area (Å²) in [5.74, 6) is 7.01. The summed E-state index contributed by atoms with van der Waals surface area (Å²) in [6.45, 7) is 0.954. The zero-order valence-electron chi connectivity index (χ0n) is 13.3. The normalized spacial score (nSPS) is 13.4. The van der Waals surface area contributed by atoms with Gasteiger partial charge in [0, 0.05) is 40.4 Å². The van der Waals surface area contributed by atoms with Crippen molar-refractivity contribution in [2.24, 2.45) is 4.99 Å². The SMILES string of the molecule is Nc1cc2c(C#Cc3ccc(C4=NCCC4)cc3)cccc2cn1. The van der Waals surface area contributed by atoms with Crippen molar-refractivity contribution in [3.63, 3.8) is 0 Å². The smallest absolute Gasteiger partial charge is 0.123 e. The van der Waals surface area contributed by atoms with Gasteiger partial charge in [0.25, 0.3) is 0 Å². The number of rotatable bonds is 1. The number of nitrogen functional groups attached to an aromatic ring is 1. The van der Waals surface area contributed by atoms with Crippen LogP contribution in [0.1, 0.15) is 29.5 Å². The molecule has 0 fully saturated rings. The predicted octanol–water partition coefficient (Wildman–Crippen LogP) is 3.80. The first-order valence-corrected chi connectivity index (χ1v) is 8.10. The second kappa shape index (κ2) is 6.17. The number of aliphatic imine (C=N–C) groups is 1. The Morgan fingerprint density at radius 1 is 1.00 bits per heavy atom. The number of nitrogens with zero attached hydrogens (tertiary/aromatic N) is 2. The molecule has 0 unspecified atom stereocenters. The fraction of sp³-hybridized carbons (Fsp3) is 0.143. The predicted molar refractivity (Wildman–Crippen MR) is 99.2 cm³/mol. The average Bonchev–Trinajstić information content (AvgIpc) is 3.15. The average molecular weight is 311 g/mol. The van der Waals surface area contributed by atoms with Crippen molar-refractivity contribution in [1.82, 2.24) is 4.98 Å². The molecule has 3 aromatic rings. The first-order valence-electron chi connectivity index (χ1n) is 8.10. The van der Waals surface area contributed by atoms with Crippen molar-refractivity contribution in [2.75, 3.05) is 12.3 Å². The van der Waals surface area contributed by atoms with E-state index < -0.39 is 0 Å². The highest BCUT2D eigenvalue weighted by Gasteiger charge is 2.08. The van der Waals surface area contributed by atoms with Gasteiger partial charge in [-0.3, -0.25) is 4.99 Å². The van der Waals surface area contributed by atoms with Crippen LogP contribution in [0.2, 0.25) is 0 Å². The van der Waals surface area contributed by atoms with Crippen LogP contribution in [0.5, 0.6) is 0 Å². The molecule has 24 heavy (non-hydrogen) atoms. The van der Waals surface area contributed by atoms with Gasteiger partial charge in [0.2, 0.25) is 0 Å². The Labute approximate surface area is 141 Å². The Morgan fingerprint density at radius 2 is 1.88 bits per heavy atom. The molecule has 0 spiro atoms. The summed E-state index contributed by atoms with van der Waals surface area (Å²) < 4.78 is 0. The Hall–Kier alpha value is -3.12. The van der Waals surface area contributed by atoms with Gasteiger partial charge in [-0.15, -0.1) is 0 Å². The maximum absolute atomic E-state index is 5.81. The summed E-state index contributed by atoms with van der Waals surface area (Å²) in [6, 6.07) is 16.2. The second-order valence-corrected chi connectivity index (χ2v) is 5.90.